The Hall–Kier alpha value is -4.82. The Balaban J connectivity index is 1.36. The molecule has 5 aromatic rings. The second-order valence-corrected chi connectivity index (χ2v) is 10.2. The highest BCUT2D eigenvalue weighted by Gasteiger charge is 2.34. The topological polar surface area (TPSA) is 77.0 Å². The summed E-state index contributed by atoms with van der Waals surface area (Å²) in [7, 11) is 1.38. The fraction of sp³-hybridized carbons (Fsp3) is 0.0938. The molecule has 0 unspecified atom stereocenters. The van der Waals surface area contributed by atoms with Gasteiger partial charge < -0.3 is 13.7 Å². The molecule has 0 N–H and O–H groups in total. The van der Waals surface area contributed by atoms with Crippen molar-refractivity contribution < 1.29 is 18.7 Å². The van der Waals surface area contributed by atoms with Crippen LogP contribution in [0.5, 0.6) is 0 Å². The number of methoxy groups -OCH3 is 1. The van der Waals surface area contributed by atoms with Crippen molar-refractivity contribution >= 4 is 51.5 Å². The van der Waals surface area contributed by atoms with Crippen LogP contribution < -0.4 is 0 Å². The summed E-state index contributed by atoms with van der Waals surface area (Å²) in [6.45, 7) is 0.848. The number of aromatic nitrogens is 1. The largest absolute Gasteiger partial charge is 0.467 e. The molecule has 0 aliphatic carbocycles. The van der Waals surface area contributed by atoms with Gasteiger partial charge in [-0.15, -0.1) is 0 Å². The number of hydrogen-bond donors (Lipinski definition) is 0. The summed E-state index contributed by atoms with van der Waals surface area (Å²) in [4.78, 5) is 32.7. The van der Waals surface area contributed by atoms with Gasteiger partial charge >= 0.3 is 5.97 Å². The smallest absolute Gasteiger partial charge is 0.337 e. The maximum absolute atomic E-state index is 13.7. The van der Waals surface area contributed by atoms with E-state index in [1.165, 1.54) is 18.9 Å². The van der Waals surface area contributed by atoms with E-state index in [1.807, 2.05) is 91.1 Å². The molecule has 1 aliphatic rings. The minimum absolute atomic E-state index is 0.126. The van der Waals surface area contributed by atoms with Gasteiger partial charge in [0.1, 0.15) is 5.76 Å². The average molecular weight is 548 g/mol. The van der Waals surface area contributed by atoms with E-state index in [4.69, 9.17) is 14.1 Å². The SMILES string of the molecule is COC(=O)c1cccc(Cn2cc(/C=C3\SC(=Nc4ccccc4)N(Cc4ccco4)C3=O)c3ccccc32)c1. The third-order valence-corrected chi connectivity index (χ3v) is 7.58. The van der Waals surface area contributed by atoms with Crippen LogP contribution in [0.4, 0.5) is 5.69 Å². The van der Waals surface area contributed by atoms with Crippen molar-refractivity contribution in [1.82, 2.24) is 9.47 Å². The van der Waals surface area contributed by atoms with Crippen molar-refractivity contribution in [3.63, 3.8) is 0 Å². The zero-order valence-corrected chi connectivity index (χ0v) is 22.5. The number of hydrogen-bond acceptors (Lipinski definition) is 6. The molecule has 0 atom stereocenters. The van der Waals surface area contributed by atoms with Crippen LogP contribution in [0, 0.1) is 0 Å². The molecule has 0 spiro atoms. The van der Waals surface area contributed by atoms with Gasteiger partial charge in [-0.2, -0.15) is 0 Å². The van der Waals surface area contributed by atoms with Crippen molar-refractivity contribution in [3.8, 4) is 0 Å². The summed E-state index contributed by atoms with van der Waals surface area (Å²) in [5, 5.41) is 1.63. The molecule has 2 aromatic heterocycles. The zero-order valence-electron chi connectivity index (χ0n) is 21.7. The Morgan fingerprint density at radius 3 is 2.60 bits per heavy atom. The Labute approximate surface area is 235 Å². The number of carbonyl (C=O) groups excluding carboxylic acids is 2. The summed E-state index contributed by atoms with van der Waals surface area (Å²) in [5.74, 6) is 0.189. The highest BCUT2D eigenvalue weighted by Crippen LogP contribution is 2.36. The van der Waals surface area contributed by atoms with Crippen molar-refractivity contribution in [2.45, 2.75) is 13.1 Å². The van der Waals surface area contributed by atoms with E-state index in [-0.39, 0.29) is 11.9 Å². The summed E-state index contributed by atoms with van der Waals surface area (Å²) in [5.41, 5.74) is 4.20. The van der Waals surface area contributed by atoms with Gasteiger partial charge in [0.2, 0.25) is 0 Å². The van der Waals surface area contributed by atoms with E-state index < -0.39 is 0 Å². The molecule has 0 radical (unpaired) electrons. The monoisotopic (exact) mass is 547 g/mol. The van der Waals surface area contributed by atoms with Gasteiger partial charge in [0.25, 0.3) is 5.91 Å². The third kappa shape index (κ3) is 5.21. The lowest BCUT2D eigenvalue weighted by atomic mass is 10.1. The van der Waals surface area contributed by atoms with Gasteiger partial charge in [0.05, 0.1) is 36.1 Å². The molecule has 7 nitrogen and oxygen atoms in total. The maximum Gasteiger partial charge on any atom is 0.337 e. The number of amidine groups is 1. The van der Waals surface area contributed by atoms with Gasteiger partial charge in [0, 0.05) is 29.2 Å². The number of carbonyl (C=O) groups is 2. The number of benzene rings is 3. The van der Waals surface area contributed by atoms with E-state index in [0.717, 1.165) is 27.7 Å². The molecule has 40 heavy (non-hydrogen) atoms. The number of furan rings is 1. The van der Waals surface area contributed by atoms with Crippen LogP contribution >= 0.6 is 11.8 Å². The van der Waals surface area contributed by atoms with E-state index in [9.17, 15) is 9.59 Å². The highest BCUT2D eigenvalue weighted by molar-refractivity contribution is 8.18. The van der Waals surface area contributed by atoms with Crippen LogP contribution in [0.15, 0.2) is 118 Å². The Morgan fingerprint density at radius 1 is 0.975 bits per heavy atom. The minimum atomic E-state index is -0.367. The Kier molecular flexibility index (Phi) is 7.08. The zero-order chi connectivity index (χ0) is 27.5. The van der Waals surface area contributed by atoms with Crippen LogP contribution in [0.2, 0.25) is 0 Å². The Bertz CT molecular complexity index is 1750. The molecular weight excluding hydrogens is 522 g/mol. The van der Waals surface area contributed by atoms with Crippen LogP contribution in [0.1, 0.15) is 27.2 Å². The molecular formula is C32H25N3O4S. The minimum Gasteiger partial charge on any atom is -0.467 e. The van der Waals surface area contributed by atoms with Crippen LogP contribution in [0.3, 0.4) is 0 Å². The first-order valence-corrected chi connectivity index (χ1v) is 13.5. The number of esters is 1. The third-order valence-electron chi connectivity index (χ3n) is 6.57. The molecule has 3 heterocycles. The molecule has 3 aromatic carbocycles. The first-order valence-electron chi connectivity index (χ1n) is 12.7. The predicted molar refractivity (Wildman–Crippen MR) is 157 cm³/mol. The normalized spacial score (nSPS) is 15.4. The molecule has 198 valence electrons. The van der Waals surface area contributed by atoms with E-state index >= 15 is 0 Å². The molecule has 0 bridgehead atoms. The summed E-state index contributed by atoms with van der Waals surface area (Å²) >= 11 is 1.35. The van der Waals surface area contributed by atoms with Gasteiger partial charge in [-0.05, 0) is 65.9 Å². The van der Waals surface area contributed by atoms with Crippen molar-refractivity contribution in [3.05, 3.63) is 131 Å². The molecule has 1 amide bonds. The summed E-state index contributed by atoms with van der Waals surface area (Å²) < 4.78 is 12.5. The first-order chi connectivity index (χ1) is 19.6. The molecule has 1 fully saturated rings. The lowest BCUT2D eigenvalue weighted by Crippen LogP contribution is -2.28. The molecule has 1 aliphatic heterocycles. The molecule has 6 rings (SSSR count). The van der Waals surface area contributed by atoms with Gasteiger partial charge in [0.15, 0.2) is 5.17 Å². The van der Waals surface area contributed by atoms with E-state index in [0.29, 0.717) is 34.5 Å². The summed E-state index contributed by atoms with van der Waals surface area (Å²) in [6.07, 6.45) is 5.57. The van der Waals surface area contributed by atoms with Crippen LogP contribution in [-0.2, 0) is 22.6 Å². The number of aliphatic imine (C=N–C) groups is 1. The van der Waals surface area contributed by atoms with E-state index in [1.54, 1.807) is 17.2 Å². The van der Waals surface area contributed by atoms with Gasteiger partial charge in [-0.25, -0.2) is 9.79 Å². The van der Waals surface area contributed by atoms with Crippen LogP contribution in [0.25, 0.3) is 17.0 Å². The number of amides is 1. The lowest BCUT2D eigenvalue weighted by Gasteiger charge is -2.13. The quantitative estimate of drug-likeness (QED) is 0.164. The lowest BCUT2D eigenvalue weighted by molar-refractivity contribution is -0.122. The van der Waals surface area contributed by atoms with Crippen molar-refractivity contribution in [2.75, 3.05) is 7.11 Å². The number of fused-ring (bicyclic) bond motifs is 1. The predicted octanol–water partition coefficient (Wildman–Crippen LogP) is 6.87. The molecule has 0 saturated carbocycles. The average Bonchev–Trinajstić information content (AvgIpc) is 3.70. The van der Waals surface area contributed by atoms with Crippen LogP contribution in [-0.4, -0.2) is 33.6 Å². The number of ether oxygens (including phenoxy) is 1. The molecule has 1 saturated heterocycles. The number of thioether (sulfide) groups is 1. The fourth-order valence-electron chi connectivity index (χ4n) is 4.68. The second kappa shape index (κ2) is 11.1. The van der Waals surface area contributed by atoms with Crippen molar-refractivity contribution in [2.24, 2.45) is 4.99 Å². The number of para-hydroxylation sites is 2. The summed E-state index contributed by atoms with van der Waals surface area (Å²) in [6, 6.07) is 28.8. The second-order valence-electron chi connectivity index (χ2n) is 9.23. The molecule has 8 heteroatoms. The Morgan fingerprint density at radius 2 is 1.80 bits per heavy atom. The van der Waals surface area contributed by atoms with Crippen molar-refractivity contribution in [1.29, 1.82) is 0 Å². The van der Waals surface area contributed by atoms with Gasteiger partial charge in [-0.3, -0.25) is 9.69 Å². The maximum atomic E-state index is 13.7. The fourth-order valence-corrected chi connectivity index (χ4v) is 5.66. The number of nitrogens with zero attached hydrogens (tertiary/aromatic N) is 3. The highest BCUT2D eigenvalue weighted by atomic mass is 32.2. The van der Waals surface area contributed by atoms with E-state index in [2.05, 4.69) is 10.6 Å². The first kappa shape index (κ1) is 25.5. The van der Waals surface area contributed by atoms with Gasteiger partial charge in [-0.1, -0.05) is 48.5 Å². The standard InChI is InChI=1S/C32H25N3O4S/c1-38-31(37)23-10-7-9-22(17-23)19-34-20-24(27-14-5-6-15-28(27)34)18-29-30(36)35(21-26-13-8-16-39-26)32(40-29)33-25-11-3-2-4-12-25/h2-18,20H,19,21H2,1H3/b29-18-,33-32?. The number of rotatable bonds is 7.